The Morgan fingerprint density at radius 2 is 1.62 bits per heavy atom. The molecule has 184 valence electrons. The first-order valence-corrected chi connectivity index (χ1v) is 10.8. The number of likely N-dealkylation sites (tertiary alicyclic amines) is 1. The lowest BCUT2D eigenvalue weighted by molar-refractivity contribution is -0.274. The lowest BCUT2D eigenvalue weighted by Crippen LogP contribution is -2.47. The van der Waals surface area contributed by atoms with E-state index in [0.29, 0.717) is 12.8 Å². The molecule has 0 saturated carbocycles. The van der Waals surface area contributed by atoms with Gasteiger partial charge in [-0.1, -0.05) is 26.0 Å². The average Bonchev–Trinajstić information content (AvgIpc) is 3.01. The number of carbonyl (C=O) groups is 4. The Kier molecular flexibility index (Phi) is 7.63. The minimum Gasteiger partial charge on any atom is -0.454 e. The molecule has 1 aliphatic carbocycles. The molecule has 3 atom stereocenters. The van der Waals surface area contributed by atoms with Gasteiger partial charge in [-0.25, -0.2) is 4.79 Å². The van der Waals surface area contributed by atoms with Crippen molar-refractivity contribution in [1.29, 1.82) is 0 Å². The second-order valence-electron chi connectivity index (χ2n) is 8.58. The van der Waals surface area contributed by atoms with Crippen molar-refractivity contribution in [3.05, 3.63) is 36.4 Å². The van der Waals surface area contributed by atoms with Gasteiger partial charge in [0, 0.05) is 5.69 Å². The van der Waals surface area contributed by atoms with Crippen LogP contribution in [0, 0.1) is 17.8 Å². The largest absolute Gasteiger partial charge is 0.573 e. The molecular weight excluding hydrogens is 457 g/mol. The molecule has 1 aliphatic heterocycles. The van der Waals surface area contributed by atoms with Gasteiger partial charge in [0.05, 0.1) is 11.8 Å². The Bertz CT molecular complexity index is 948. The van der Waals surface area contributed by atoms with E-state index >= 15 is 0 Å². The number of alkyl halides is 3. The van der Waals surface area contributed by atoms with Gasteiger partial charge in [-0.15, -0.1) is 13.2 Å². The highest BCUT2D eigenvalue weighted by Crippen LogP contribution is 2.37. The standard InChI is InChI=1S/C23H25F3N2O6/c1-13(2)11-18(28-20(30)16-5-3-4-6-17(16)21(28)31)22(32)33-12-19(29)27-14-7-9-15(10-8-14)34-23(24,25)26/h3-4,7-10,13,16-18H,5-6,11-12H2,1-2H3,(H,27,29). The SMILES string of the molecule is CC(C)CC(C(=O)OCC(=O)Nc1ccc(OC(F)(F)F)cc1)N1C(=O)C2CC=CCC2C1=O. The van der Waals surface area contributed by atoms with E-state index in [-0.39, 0.29) is 18.0 Å². The molecule has 1 heterocycles. The summed E-state index contributed by atoms with van der Waals surface area (Å²) in [6, 6.07) is 3.29. The summed E-state index contributed by atoms with van der Waals surface area (Å²) in [5.74, 6) is -3.90. The summed E-state index contributed by atoms with van der Waals surface area (Å²) in [6.45, 7) is 2.97. The lowest BCUT2D eigenvalue weighted by Gasteiger charge is -2.26. The zero-order chi connectivity index (χ0) is 25.0. The highest BCUT2D eigenvalue weighted by atomic mass is 19.4. The van der Waals surface area contributed by atoms with Crippen molar-refractivity contribution >= 4 is 29.4 Å². The van der Waals surface area contributed by atoms with Gasteiger partial charge in [-0.05, 0) is 49.4 Å². The van der Waals surface area contributed by atoms with Crippen LogP contribution in [0.25, 0.3) is 0 Å². The number of esters is 1. The second-order valence-corrected chi connectivity index (χ2v) is 8.58. The fraction of sp³-hybridized carbons (Fsp3) is 0.478. The number of imide groups is 1. The van der Waals surface area contributed by atoms with Crippen molar-refractivity contribution in [2.24, 2.45) is 17.8 Å². The molecule has 3 amide bonds. The Morgan fingerprint density at radius 1 is 1.06 bits per heavy atom. The molecule has 0 spiro atoms. The minimum atomic E-state index is -4.84. The maximum Gasteiger partial charge on any atom is 0.573 e. The Balaban J connectivity index is 1.60. The first-order chi connectivity index (χ1) is 16.0. The van der Waals surface area contributed by atoms with Gasteiger partial charge in [0.25, 0.3) is 5.91 Å². The maximum atomic E-state index is 12.9. The van der Waals surface area contributed by atoms with Crippen LogP contribution >= 0.6 is 0 Å². The van der Waals surface area contributed by atoms with Gasteiger partial charge in [0.15, 0.2) is 6.61 Å². The maximum absolute atomic E-state index is 12.9. The Labute approximate surface area is 194 Å². The van der Waals surface area contributed by atoms with Gasteiger partial charge >= 0.3 is 12.3 Å². The normalized spacial score (nSPS) is 20.8. The molecular formula is C23H25F3N2O6. The quantitative estimate of drug-likeness (QED) is 0.346. The van der Waals surface area contributed by atoms with Crippen molar-refractivity contribution in [3.8, 4) is 5.75 Å². The minimum absolute atomic E-state index is 0.0369. The van der Waals surface area contributed by atoms with Crippen molar-refractivity contribution in [2.45, 2.75) is 45.5 Å². The number of amides is 3. The van der Waals surface area contributed by atoms with Crippen molar-refractivity contribution < 1.29 is 41.8 Å². The van der Waals surface area contributed by atoms with Crippen LogP contribution in [0.2, 0.25) is 0 Å². The van der Waals surface area contributed by atoms with E-state index in [1.54, 1.807) is 0 Å². The van der Waals surface area contributed by atoms with E-state index in [1.807, 2.05) is 26.0 Å². The highest BCUT2D eigenvalue weighted by Gasteiger charge is 2.51. The topological polar surface area (TPSA) is 102 Å². The van der Waals surface area contributed by atoms with Crippen LogP contribution in [-0.2, 0) is 23.9 Å². The van der Waals surface area contributed by atoms with Crippen LogP contribution in [0.4, 0.5) is 18.9 Å². The molecule has 0 bridgehead atoms. The number of fused-ring (bicyclic) bond motifs is 1. The number of benzene rings is 1. The van der Waals surface area contributed by atoms with Gasteiger partial charge in [0.1, 0.15) is 11.8 Å². The number of nitrogens with zero attached hydrogens (tertiary/aromatic N) is 1. The predicted molar refractivity (Wildman–Crippen MR) is 113 cm³/mol. The number of rotatable bonds is 8. The van der Waals surface area contributed by atoms with Crippen LogP contribution in [0.1, 0.15) is 33.1 Å². The second kappa shape index (κ2) is 10.3. The Hall–Kier alpha value is -3.37. The number of halogens is 3. The first-order valence-electron chi connectivity index (χ1n) is 10.8. The monoisotopic (exact) mass is 482 g/mol. The van der Waals surface area contributed by atoms with Gasteiger partial charge in [0.2, 0.25) is 11.8 Å². The molecule has 0 radical (unpaired) electrons. The van der Waals surface area contributed by atoms with Crippen LogP contribution in [0.15, 0.2) is 36.4 Å². The molecule has 1 saturated heterocycles. The van der Waals surface area contributed by atoms with Crippen LogP contribution in [0.3, 0.4) is 0 Å². The fourth-order valence-corrected chi connectivity index (χ4v) is 4.06. The highest BCUT2D eigenvalue weighted by molar-refractivity contribution is 6.08. The average molecular weight is 482 g/mol. The number of hydrogen-bond donors (Lipinski definition) is 1. The summed E-state index contributed by atoms with van der Waals surface area (Å²) >= 11 is 0. The third kappa shape index (κ3) is 6.15. The third-order valence-electron chi connectivity index (χ3n) is 5.54. The molecule has 34 heavy (non-hydrogen) atoms. The van der Waals surface area contributed by atoms with Crippen LogP contribution in [-0.4, -0.2) is 47.6 Å². The van der Waals surface area contributed by atoms with Crippen LogP contribution < -0.4 is 10.1 Å². The van der Waals surface area contributed by atoms with Gasteiger partial charge in [-0.2, -0.15) is 0 Å². The predicted octanol–water partition coefficient (Wildman–Crippen LogP) is 3.43. The zero-order valence-corrected chi connectivity index (χ0v) is 18.6. The molecule has 8 nitrogen and oxygen atoms in total. The Morgan fingerprint density at radius 3 is 2.12 bits per heavy atom. The van der Waals surface area contributed by atoms with Crippen molar-refractivity contribution in [2.75, 3.05) is 11.9 Å². The summed E-state index contributed by atoms with van der Waals surface area (Å²) < 4.78 is 45.5. The zero-order valence-electron chi connectivity index (χ0n) is 18.6. The molecule has 1 aromatic carbocycles. The number of nitrogens with one attached hydrogen (secondary N) is 1. The van der Waals surface area contributed by atoms with Gasteiger partial charge < -0.3 is 14.8 Å². The first kappa shape index (κ1) is 25.3. The van der Waals surface area contributed by atoms with E-state index in [4.69, 9.17) is 4.74 Å². The molecule has 2 aliphatic rings. The summed E-state index contributed by atoms with van der Waals surface area (Å²) in [4.78, 5) is 51.7. The van der Waals surface area contributed by atoms with Crippen molar-refractivity contribution in [3.63, 3.8) is 0 Å². The molecule has 3 rings (SSSR count). The molecule has 1 N–H and O–H groups in total. The summed E-state index contributed by atoms with van der Waals surface area (Å²) in [7, 11) is 0. The number of hydrogen-bond acceptors (Lipinski definition) is 6. The van der Waals surface area contributed by atoms with E-state index < -0.39 is 60.3 Å². The molecule has 0 aromatic heterocycles. The number of ether oxygens (including phenoxy) is 2. The summed E-state index contributed by atoms with van der Waals surface area (Å²) in [5, 5.41) is 2.39. The fourth-order valence-electron chi connectivity index (χ4n) is 4.06. The van der Waals surface area contributed by atoms with Crippen LogP contribution in [0.5, 0.6) is 5.75 Å². The number of anilines is 1. The summed E-state index contributed by atoms with van der Waals surface area (Å²) in [6.07, 6.45) is -0.0897. The lowest BCUT2D eigenvalue weighted by atomic mass is 9.85. The molecule has 3 unspecified atom stereocenters. The van der Waals surface area contributed by atoms with E-state index in [2.05, 4.69) is 10.1 Å². The van der Waals surface area contributed by atoms with E-state index in [9.17, 15) is 32.3 Å². The smallest absolute Gasteiger partial charge is 0.454 e. The number of carbonyl (C=O) groups excluding carboxylic acids is 4. The summed E-state index contributed by atoms with van der Waals surface area (Å²) in [5.41, 5.74) is 0.163. The van der Waals surface area contributed by atoms with Crippen molar-refractivity contribution in [1.82, 2.24) is 4.90 Å². The molecule has 1 fully saturated rings. The van der Waals surface area contributed by atoms with Gasteiger partial charge in [-0.3, -0.25) is 19.3 Å². The number of allylic oxidation sites excluding steroid dienone is 2. The van der Waals surface area contributed by atoms with E-state index in [1.165, 1.54) is 12.1 Å². The van der Waals surface area contributed by atoms with E-state index in [0.717, 1.165) is 17.0 Å². The third-order valence-corrected chi connectivity index (χ3v) is 5.54. The molecule has 1 aromatic rings. The molecule has 11 heteroatoms.